The van der Waals surface area contributed by atoms with Gasteiger partial charge in [-0.15, -0.1) is 0 Å². The number of carbonyl (C=O) groups excluding carboxylic acids is 1. The van der Waals surface area contributed by atoms with E-state index in [1.54, 1.807) is 23.1 Å². The van der Waals surface area contributed by atoms with Crippen LogP contribution in [0, 0.1) is 0 Å². The topological polar surface area (TPSA) is 69.0 Å². The summed E-state index contributed by atoms with van der Waals surface area (Å²) in [6.45, 7) is 4.88. The van der Waals surface area contributed by atoms with Crippen LogP contribution in [0.5, 0.6) is 11.5 Å². The molecule has 1 aliphatic rings. The number of ether oxygens (including phenoxy) is 2. The van der Waals surface area contributed by atoms with Crippen molar-refractivity contribution in [1.82, 2.24) is 4.90 Å². The third-order valence-electron chi connectivity index (χ3n) is 6.07. The van der Waals surface area contributed by atoms with Crippen LogP contribution in [-0.2, 0) is 4.74 Å². The maximum atomic E-state index is 13.7. The second kappa shape index (κ2) is 10.3. The molecular weight excluding hydrogens is 522 g/mol. The number of amides is 1. The van der Waals surface area contributed by atoms with E-state index in [1.807, 2.05) is 68.4 Å². The largest absolute Gasteiger partial charge is 0.457 e. The lowest BCUT2D eigenvalue weighted by atomic mass is 9.98. The molecule has 4 aromatic rings. The summed E-state index contributed by atoms with van der Waals surface area (Å²) in [5.74, 6) is 1.13. The van der Waals surface area contributed by atoms with Gasteiger partial charge in [-0.2, -0.15) is 0 Å². The van der Waals surface area contributed by atoms with Gasteiger partial charge in [0.05, 0.1) is 23.1 Å². The molecule has 3 aromatic carbocycles. The SMILES string of the molecule is CC(C)OCCCN1C(=O)c2oc3ccc(Br)cc3c(=O)c2C1c1cccc(Oc2ccccc2)c1. The lowest BCUT2D eigenvalue weighted by molar-refractivity contribution is 0.0593. The average Bonchev–Trinajstić information content (AvgIpc) is 3.15. The molecule has 0 saturated carbocycles. The Morgan fingerprint density at radius 1 is 0.972 bits per heavy atom. The average molecular weight is 548 g/mol. The number of carbonyl (C=O) groups is 1. The molecule has 0 saturated heterocycles. The first-order valence-corrected chi connectivity index (χ1v) is 12.7. The fraction of sp³-hybridized carbons (Fsp3) is 0.241. The summed E-state index contributed by atoms with van der Waals surface area (Å²) in [4.78, 5) is 29.0. The zero-order valence-corrected chi connectivity index (χ0v) is 21.7. The molecule has 0 spiro atoms. The van der Waals surface area contributed by atoms with Crippen molar-refractivity contribution in [3.8, 4) is 11.5 Å². The van der Waals surface area contributed by atoms with Crippen molar-refractivity contribution in [3.05, 3.63) is 104 Å². The zero-order valence-electron chi connectivity index (χ0n) is 20.1. The lowest BCUT2D eigenvalue weighted by Gasteiger charge is -2.25. The molecule has 7 heteroatoms. The van der Waals surface area contributed by atoms with Gasteiger partial charge in [0.1, 0.15) is 17.1 Å². The van der Waals surface area contributed by atoms with Crippen molar-refractivity contribution in [2.45, 2.75) is 32.4 Å². The zero-order chi connectivity index (χ0) is 25.2. The first-order valence-electron chi connectivity index (χ1n) is 11.9. The Kier molecular flexibility index (Phi) is 6.94. The predicted octanol–water partition coefficient (Wildman–Crippen LogP) is 6.71. The molecule has 6 nitrogen and oxygen atoms in total. The van der Waals surface area contributed by atoms with Gasteiger partial charge in [-0.05, 0) is 68.3 Å². The van der Waals surface area contributed by atoms with Crippen molar-refractivity contribution in [3.63, 3.8) is 0 Å². The van der Waals surface area contributed by atoms with Crippen LogP contribution in [0.2, 0.25) is 0 Å². The van der Waals surface area contributed by atoms with Gasteiger partial charge in [0.2, 0.25) is 5.76 Å². The Bertz CT molecular complexity index is 1460. The molecule has 0 aliphatic carbocycles. The molecular formula is C29H26BrNO5. The van der Waals surface area contributed by atoms with E-state index in [-0.39, 0.29) is 23.2 Å². The van der Waals surface area contributed by atoms with Gasteiger partial charge in [0.25, 0.3) is 5.91 Å². The third-order valence-corrected chi connectivity index (χ3v) is 6.57. The number of hydrogen-bond acceptors (Lipinski definition) is 5. The van der Waals surface area contributed by atoms with Crippen LogP contribution >= 0.6 is 15.9 Å². The molecule has 0 fully saturated rings. The number of hydrogen-bond donors (Lipinski definition) is 0. The molecule has 1 atom stereocenters. The van der Waals surface area contributed by atoms with Crippen LogP contribution < -0.4 is 10.2 Å². The van der Waals surface area contributed by atoms with Crippen LogP contribution in [-0.4, -0.2) is 30.1 Å². The molecule has 1 unspecified atom stereocenters. The number of para-hydroxylation sites is 1. The fourth-order valence-corrected chi connectivity index (χ4v) is 4.86. The lowest BCUT2D eigenvalue weighted by Crippen LogP contribution is -2.31. The normalized spacial score (nSPS) is 15.1. The molecule has 184 valence electrons. The first-order chi connectivity index (χ1) is 17.4. The summed E-state index contributed by atoms with van der Waals surface area (Å²) in [5.41, 5.74) is 1.32. The Hall–Kier alpha value is -3.42. The monoisotopic (exact) mass is 547 g/mol. The summed E-state index contributed by atoms with van der Waals surface area (Å²) < 4.78 is 18.5. The van der Waals surface area contributed by atoms with Crippen molar-refractivity contribution in [2.75, 3.05) is 13.2 Å². The minimum atomic E-state index is -0.592. The highest BCUT2D eigenvalue weighted by Crippen LogP contribution is 2.39. The van der Waals surface area contributed by atoms with E-state index in [9.17, 15) is 9.59 Å². The van der Waals surface area contributed by atoms with Crippen LogP contribution in [0.3, 0.4) is 0 Å². The molecule has 1 aliphatic heterocycles. The van der Waals surface area contributed by atoms with Gasteiger partial charge in [-0.25, -0.2) is 0 Å². The molecule has 1 amide bonds. The standard InChI is InChI=1S/C29H26BrNO5/c1-18(2)34-15-7-14-31-26(19-8-6-11-22(16-19)35-21-9-4-3-5-10-21)25-27(32)23-17-20(30)12-13-24(23)36-28(25)29(31)33/h3-6,8-13,16-18,26H,7,14-15H2,1-2H3. The van der Waals surface area contributed by atoms with E-state index in [0.29, 0.717) is 47.6 Å². The minimum Gasteiger partial charge on any atom is -0.457 e. The van der Waals surface area contributed by atoms with Crippen molar-refractivity contribution < 1.29 is 18.7 Å². The highest BCUT2D eigenvalue weighted by atomic mass is 79.9. The molecule has 2 heterocycles. The molecule has 5 rings (SSSR count). The number of rotatable bonds is 8. The molecule has 0 bridgehead atoms. The van der Waals surface area contributed by atoms with Crippen molar-refractivity contribution >= 4 is 32.8 Å². The predicted molar refractivity (Wildman–Crippen MR) is 142 cm³/mol. The maximum Gasteiger partial charge on any atom is 0.290 e. The van der Waals surface area contributed by atoms with Gasteiger partial charge in [-0.1, -0.05) is 46.3 Å². The van der Waals surface area contributed by atoms with E-state index in [4.69, 9.17) is 13.9 Å². The van der Waals surface area contributed by atoms with Gasteiger partial charge >= 0.3 is 0 Å². The Morgan fingerprint density at radius 3 is 2.53 bits per heavy atom. The summed E-state index contributed by atoms with van der Waals surface area (Å²) >= 11 is 3.44. The minimum absolute atomic E-state index is 0.0963. The van der Waals surface area contributed by atoms with Crippen LogP contribution in [0.15, 0.2) is 86.5 Å². The van der Waals surface area contributed by atoms with E-state index >= 15 is 0 Å². The van der Waals surface area contributed by atoms with E-state index in [0.717, 1.165) is 10.0 Å². The van der Waals surface area contributed by atoms with E-state index < -0.39 is 6.04 Å². The maximum absolute atomic E-state index is 13.7. The van der Waals surface area contributed by atoms with Gasteiger partial charge in [0.15, 0.2) is 5.43 Å². The fourth-order valence-electron chi connectivity index (χ4n) is 4.50. The van der Waals surface area contributed by atoms with Crippen molar-refractivity contribution in [1.29, 1.82) is 0 Å². The highest BCUT2D eigenvalue weighted by Gasteiger charge is 2.42. The molecule has 0 N–H and O–H groups in total. The van der Waals surface area contributed by atoms with Gasteiger partial charge < -0.3 is 18.8 Å². The second-order valence-corrected chi connectivity index (χ2v) is 9.89. The summed E-state index contributed by atoms with van der Waals surface area (Å²) in [6.07, 6.45) is 0.736. The highest BCUT2D eigenvalue weighted by molar-refractivity contribution is 9.10. The van der Waals surface area contributed by atoms with Crippen LogP contribution in [0.25, 0.3) is 11.0 Å². The third kappa shape index (κ3) is 4.81. The summed E-state index contributed by atoms with van der Waals surface area (Å²) in [7, 11) is 0. The quantitative estimate of drug-likeness (QED) is 0.229. The Labute approximate surface area is 217 Å². The van der Waals surface area contributed by atoms with E-state index in [2.05, 4.69) is 15.9 Å². The number of nitrogens with zero attached hydrogens (tertiary/aromatic N) is 1. The smallest absolute Gasteiger partial charge is 0.290 e. The summed E-state index contributed by atoms with van der Waals surface area (Å²) in [5, 5.41) is 0.433. The Morgan fingerprint density at radius 2 is 1.75 bits per heavy atom. The molecule has 36 heavy (non-hydrogen) atoms. The van der Waals surface area contributed by atoms with Crippen molar-refractivity contribution in [2.24, 2.45) is 0 Å². The molecule has 0 radical (unpaired) electrons. The summed E-state index contributed by atoms with van der Waals surface area (Å²) in [6, 6.07) is 21.6. The van der Waals surface area contributed by atoms with E-state index in [1.165, 1.54) is 0 Å². The molecule has 1 aromatic heterocycles. The van der Waals surface area contributed by atoms with Crippen LogP contribution in [0.4, 0.5) is 0 Å². The number of benzene rings is 3. The Balaban J connectivity index is 1.58. The number of fused-ring (bicyclic) bond motifs is 2. The van der Waals surface area contributed by atoms with Gasteiger partial charge in [0, 0.05) is 17.6 Å². The number of halogens is 1. The van der Waals surface area contributed by atoms with Gasteiger partial charge in [-0.3, -0.25) is 9.59 Å². The van der Waals surface area contributed by atoms with Crippen LogP contribution in [0.1, 0.15) is 48.0 Å². The first kappa shape index (κ1) is 24.3. The second-order valence-electron chi connectivity index (χ2n) is 8.98.